The van der Waals surface area contributed by atoms with Gasteiger partial charge in [0.15, 0.2) is 0 Å². The highest BCUT2D eigenvalue weighted by atomic mass is 16.5. The van der Waals surface area contributed by atoms with E-state index in [0.29, 0.717) is 50.9 Å². The summed E-state index contributed by atoms with van der Waals surface area (Å²) in [5, 5.41) is 0. The van der Waals surface area contributed by atoms with Crippen LogP contribution >= 0.6 is 0 Å². The molecular weight excluding hydrogens is 320 g/mol. The molecule has 1 aromatic rings. The fourth-order valence-electron chi connectivity index (χ4n) is 3.55. The lowest BCUT2D eigenvalue weighted by Gasteiger charge is -2.31. The number of anilines is 1. The molecule has 2 aliphatic rings. The van der Waals surface area contributed by atoms with Crippen molar-refractivity contribution in [3.8, 4) is 0 Å². The number of piperidine rings is 1. The number of amides is 2. The van der Waals surface area contributed by atoms with Gasteiger partial charge in [0.25, 0.3) is 5.91 Å². The van der Waals surface area contributed by atoms with Crippen molar-refractivity contribution in [3.05, 3.63) is 29.3 Å². The lowest BCUT2D eigenvalue weighted by atomic mass is 9.95. The summed E-state index contributed by atoms with van der Waals surface area (Å²) in [5.74, 6) is -0.166. The van der Waals surface area contributed by atoms with E-state index < -0.39 is 0 Å². The molecule has 1 fully saturated rings. The number of fused-ring (bicyclic) bond motifs is 1. The Morgan fingerprint density at radius 3 is 2.60 bits per heavy atom. The van der Waals surface area contributed by atoms with E-state index >= 15 is 0 Å². The van der Waals surface area contributed by atoms with Crippen molar-refractivity contribution in [1.82, 2.24) is 4.90 Å². The SMILES string of the molecule is CCOC(=O)C1CCN(C(=O)c2ccc3c(c2)CCC(=O)N3C)CC1. The Labute approximate surface area is 147 Å². The van der Waals surface area contributed by atoms with E-state index in [-0.39, 0.29) is 23.7 Å². The summed E-state index contributed by atoms with van der Waals surface area (Å²) >= 11 is 0. The molecule has 0 spiro atoms. The zero-order valence-corrected chi connectivity index (χ0v) is 14.8. The number of hydrogen-bond donors (Lipinski definition) is 0. The Morgan fingerprint density at radius 1 is 1.20 bits per heavy atom. The molecule has 0 N–H and O–H groups in total. The standard InChI is InChI=1S/C19H24N2O4/c1-3-25-19(24)13-8-10-21(11-9-13)18(23)15-4-6-16-14(12-15)5-7-17(22)20(16)2/h4,6,12-13H,3,5,7-11H2,1-2H3. The second-order valence-electron chi connectivity index (χ2n) is 6.61. The van der Waals surface area contributed by atoms with Gasteiger partial charge in [0, 0.05) is 37.8 Å². The van der Waals surface area contributed by atoms with E-state index in [1.165, 1.54) is 0 Å². The largest absolute Gasteiger partial charge is 0.466 e. The number of benzene rings is 1. The van der Waals surface area contributed by atoms with Crippen LogP contribution in [0.1, 0.15) is 42.1 Å². The number of likely N-dealkylation sites (tertiary alicyclic amines) is 1. The number of ether oxygens (including phenoxy) is 1. The van der Waals surface area contributed by atoms with Crippen molar-refractivity contribution in [2.45, 2.75) is 32.6 Å². The molecule has 3 rings (SSSR count). The monoisotopic (exact) mass is 344 g/mol. The fourth-order valence-corrected chi connectivity index (χ4v) is 3.55. The number of carbonyl (C=O) groups excluding carboxylic acids is 3. The van der Waals surface area contributed by atoms with Crippen LogP contribution < -0.4 is 4.90 Å². The Balaban J connectivity index is 1.67. The van der Waals surface area contributed by atoms with Gasteiger partial charge in [0.05, 0.1) is 12.5 Å². The molecule has 2 heterocycles. The molecule has 6 heteroatoms. The van der Waals surface area contributed by atoms with E-state index in [0.717, 1.165) is 11.3 Å². The average molecular weight is 344 g/mol. The van der Waals surface area contributed by atoms with E-state index in [1.54, 1.807) is 29.8 Å². The quantitative estimate of drug-likeness (QED) is 0.787. The van der Waals surface area contributed by atoms with Gasteiger partial charge in [-0.2, -0.15) is 0 Å². The van der Waals surface area contributed by atoms with Crippen LogP contribution in [0.5, 0.6) is 0 Å². The van der Waals surface area contributed by atoms with Gasteiger partial charge < -0.3 is 14.5 Å². The van der Waals surface area contributed by atoms with Gasteiger partial charge in [-0.15, -0.1) is 0 Å². The number of esters is 1. The molecule has 1 saturated heterocycles. The molecule has 6 nitrogen and oxygen atoms in total. The maximum atomic E-state index is 12.8. The summed E-state index contributed by atoms with van der Waals surface area (Å²) in [6.07, 6.45) is 2.44. The van der Waals surface area contributed by atoms with Crippen LogP contribution in [-0.2, 0) is 20.7 Å². The Kier molecular flexibility index (Phi) is 5.06. The molecule has 0 aromatic heterocycles. The molecule has 134 valence electrons. The molecule has 1 aromatic carbocycles. The number of aryl methyl sites for hydroxylation is 1. The molecule has 2 amide bonds. The van der Waals surface area contributed by atoms with Crippen molar-refractivity contribution in [2.75, 3.05) is 31.6 Å². The van der Waals surface area contributed by atoms with Crippen LogP contribution in [-0.4, -0.2) is 49.4 Å². The molecule has 0 unspecified atom stereocenters. The zero-order valence-electron chi connectivity index (χ0n) is 14.8. The molecule has 0 radical (unpaired) electrons. The summed E-state index contributed by atoms with van der Waals surface area (Å²) in [6, 6.07) is 5.54. The summed E-state index contributed by atoms with van der Waals surface area (Å²) in [5.41, 5.74) is 2.57. The fraction of sp³-hybridized carbons (Fsp3) is 0.526. The third-order valence-corrected chi connectivity index (χ3v) is 5.07. The van der Waals surface area contributed by atoms with Crippen LogP contribution in [0, 0.1) is 5.92 Å². The minimum Gasteiger partial charge on any atom is -0.466 e. The van der Waals surface area contributed by atoms with Crippen molar-refractivity contribution in [2.24, 2.45) is 5.92 Å². The molecule has 25 heavy (non-hydrogen) atoms. The van der Waals surface area contributed by atoms with Crippen LogP contribution in [0.25, 0.3) is 0 Å². The normalized spacial score (nSPS) is 18.1. The number of rotatable bonds is 3. The molecule has 0 atom stereocenters. The molecular formula is C19H24N2O4. The first-order valence-corrected chi connectivity index (χ1v) is 8.86. The number of carbonyl (C=O) groups is 3. The highest BCUT2D eigenvalue weighted by molar-refractivity contribution is 5.99. The summed E-state index contributed by atoms with van der Waals surface area (Å²) in [6.45, 7) is 3.33. The highest BCUT2D eigenvalue weighted by Crippen LogP contribution is 2.28. The minimum absolute atomic E-state index is 0.00957. The first-order chi connectivity index (χ1) is 12.0. The van der Waals surface area contributed by atoms with Gasteiger partial charge in [0.2, 0.25) is 5.91 Å². The van der Waals surface area contributed by atoms with Gasteiger partial charge in [-0.05, 0) is 49.9 Å². The Hall–Kier alpha value is -2.37. The Bertz CT molecular complexity index is 693. The van der Waals surface area contributed by atoms with Gasteiger partial charge in [0.1, 0.15) is 0 Å². The number of nitrogens with zero attached hydrogens (tertiary/aromatic N) is 2. The topological polar surface area (TPSA) is 66.9 Å². The van der Waals surface area contributed by atoms with Gasteiger partial charge >= 0.3 is 5.97 Å². The lowest BCUT2D eigenvalue weighted by molar-refractivity contribution is -0.149. The summed E-state index contributed by atoms with van der Waals surface area (Å²) < 4.78 is 5.07. The van der Waals surface area contributed by atoms with Crippen LogP contribution in [0.2, 0.25) is 0 Å². The summed E-state index contributed by atoms with van der Waals surface area (Å²) in [7, 11) is 1.77. The lowest BCUT2D eigenvalue weighted by Crippen LogP contribution is -2.40. The van der Waals surface area contributed by atoms with Crippen LogP contribution in [0.3, 0.4) is 0 Å². The predicted molar refractivity (Wildman–Crippen MR) is 93.4 cm³/mol. The maximum absolute atomic E-state index is 12.8. The van der Waals surface area contributed by atoms with Gasteiger partial charge in [-0.25, -0.2) is 0 Å². The first kappa shape index (κ1) is 17.5. The third kappa shape index (κ3) is 3.52. The van der Waals surface area contributed by atoms with Crippen LogP contribution in [0.4, 0.5) is 5.69 Å². The second kappa shape index (κ2) is 7.25. The van der Waals surface area contributed by atoms with E-state index in [2.05, 4.69) is 0 Å². The molecule has 0 aliphatic carbocycles. The van der Waals surface area contributed by atoms with E-state index in [4.69, 9.17) is 4.74 Å². The summed E-state index contributed by atoms with van der Waals surface area (Å²) in [4.78, 5) is 39.8. The smallest absolute Gasteiger partial charge is 0.309 e. The van der Waals surface area contributed by atoms with Gasteiger partial charge in [-0.1, -0.05) is 0 Å². The predicted octanol–water partition coefficient (Wildman–Crippen LogP) is 2.01. The minimum atomic E-state index is -0.156. The van der Waals surface area contributed by atoms with E-state index in [9.17, 15) is 14.4 Å². The van der Waals surface area contributed by atoms with Crippen molar-refractivity contribution < 1.29 is 19.1 Å². The number of hydrogen-bond acceptors (Lipinski definition) is 4. The van der Waals surface area contributed by atoms with E-state index in [1.807, 2.05) is 12.1 Å². The average Bonchev–Trinajstić information content (AvgIpc) is 2.64. The third-order valence-electron chi connectivity index (χ3n) is 5.07. The van der Waals surface area contributed by atoms with Crippen LogP contribution in [0.15, 0.2) is 18.2 Å². The van der Waals surface area contributed by atoms with Crippen molar-refractivity contribution in [3.63, 3.8) is 0 Å². The first-order valence-electron chi connectivity index (χ1n) is 8.86. The van der Waals surface area contributed by atoms with Gasteiger partial charge in [-0.3, -0.25) is 14.4 Å². The molecule has 0 bridgehead atoms. The maximum Gasteiger partial charge on any atom is 0.309 e. The van der Waals surface area contributed by atoms with Crippen molar-refractivity contribution >= 4 is 23.5 Å². The molecule has 2 aliphatic heterocycles. The zero-order chi connectivity index (χ0) is 18.0. The highest BCUT2D eigenvalue weighted by Gasteiger charge is 2.29. The Morgan fingerprint density at radius 2 is 1.92 bits per heavy atom. The second-order valence-corrected chi connectivity index (χ2v) is 6.61. The van der Waals surface area contributed by atoms with Crippen molar-refractivity contribution in [1.29, 1.82) is 0 Å². The molecule has 0 saturated carbocycles.